The van der Waals surface area contributed by atoms with Crippen molar-refractivity contribution >= 4 is 34.4 Å². The van der Waals surface area contributed by atoms with Gasteiger partial charge in [-0.05, 0) is 31.0 Å². The zero-order chi connectivity index (χ0) is 19.5. The van der Waals surface area contributed by atoms with Crippen LogP contribution in [0.3, 0.4) is 0 Å². The molecule has 0 radical (unpaired) electrons. The van der Waals surface area contributed by atoms with Gasteiger partial charge in [0.25, 0.3) is 0 Å². The van der Waals surface area contributed by atoms with Crippen LogP contribution in [0.2, 0.25) is 0 Å². The number of methoxy groups -OCH3 is 1. The maximum atomic E-state index is 11.8. The standard InChI is InChI=1S/C18H22N8O2/c1-19-15(27)11-5-7-26(8-6-11)17-22-16(23-18(24-17)28-2)21-13-3-4-14-12(9-13)10-20-25-14/h3-4,9-11H,5-8H2,1-2H3,(H,19,27)(H,20,25)(H,21,22,23,24). The van der Waals surface area contributed by atoms with E-state index in [1.54, 1.807) is 13.2 Å². The van der Waals surface area contributed by atoms with Gasteiger partial charge in [0.15, 0.2) is 0 Å². The Labute approximate surface area is 161 Å². The van der Waals surface area contributed by atoms with Crippen LogP contribution >= 0.6 is 0 Å². The molecule has 0 bridgehead atoms. The summed E-state index contributed by atoms with van der Waals surface area (Å²) in [5, 5.41) is 13.9. The fourth-order valence-corrected chi connectivity index (χ4v) is 3.33. The van der Waals surface area contributed by atoms with Gasteiger partial charge in [-0.3, -0.25) is 9.89 Å². The Hall–Kier alpha value is -3.43. The number of benzene rings is 1. The molecule has 0 saturated carbocycles. The number of H-pyrrole nitrogens is 1. The Morgan fingerprint density at radius 2 is 2.07 bits per heavy atom. The molecular weight excluding hydrogens is 360 g/mol. The molecule has 0 aliphatic carbocycles. The monoisotopic (exact) mass is 382 g/mol. The van der Waals surface area contributed by atoms with Crippen LogP contribution in [0.4, 0.5) is 17.6 Å². The molecule has 0 spiro atoms. The van der Waals surface area contributed by atoms with Crippen molar-refractivity contribution in [2.24, 2.45) is 5.92 Å². The number of fused-ring (bicyclic) bond motifs is 1. The fourth-order valence-electron chi connectivity index (χ4n) is 3.33. The van der Waals surface area contributed by atoms with Crippen LogP contribution in [0.1, 0.15) is 12.8 Å². The third-order valence-electron chi connectivity index (χ3n) is 4.88. The number of aromatic amines is 1. The predicted octanol–water partition coefficient (Wildman–Crippen LogP) is 1.46. The first-order chi connectivity index (χ1) is 13.7. The van der Waals surface area contributed by atoms with E-state index in [2.05, 4.69) is 35.8 Å². The van der Waals surface area contributed by atoms with E-state index in [0.29, 0.717) is 25.0 Å². The molecule has 146 valence electrons. The summed E-state index contributed by atoms with van der Waals surface area (Å²) < 4.78 is 5.25. The van der Waals surface area contributed by atoms with Crippen molar-refractivity contribution in [3.63, 3.8) is 0 Å². The molecule has 3 N–H and O–H groups in total. The largest absolute Gasteiger partial charge is 0.467 e. The van der Waals surface area contributed by atoms with Crippen molar-refractivity contribution in [3.8, 4) is 6.01 Å². The summed E-state index contributed by atoms with van der Waals surface area (Å²) >= 11 is 0. The molecule has 1 fully saturated rings. The molecule has 1 amide bonds. The van der Waals surface area contributed by atoms with E-state index in [4.69, 9.17) is 4.74 Å². The van der Waals surface area contributed by atoms with Crippen molar-refractivity contribution < 1.29 is 9.53 Å². The number of nitrogens with zero attached hydrogens (tertiary/aromatic N) is 5. The Bertz CT molecular complexity index is 981. The number of nitrogens with one attached hydrogen (secondary N) is 3. The van der Waals surface area contributed by atoms with E-state index in [9.17, 15) is 4.79 Å². The number of amides is 1. The van der Waals surface area contributed by atoms with Crippen LogP contribution in [0.5, 0.6) is 6.01 Å². The fraction of sp³-hybridized carbons (Fsp3) is 0.389. The number of hydrogen-bond acceptors (Lipinski definition) is 8. The van der Waals surface area contributed by atoms with Crippen LogP contribution in [0.15, 0.2) is 24.4 Å². The van der Waals surface area contributed by atoms with Gasteiger partial charge in [-0.1, -0.05) is 0 Å². The molecule has 1 aromatic carbocycles. The first-order valence-corrected chi connectivity index (χ1v) is 9.13. The van der Waals surface area contributed by atoms with Crippen molar-refractivity contribution in [1.82, 2.24) is 30.5 Å². The quantitative estimate of drug-likeness (QED) is 0.606. The molecule has 10 nitrogen and oxygen atoms in total. The van der Waals surface area contributed by atoms with Crippen molar-refractivity contribution in [1.29, 1.82) is 0 Å². The Kier molecular flexibility index (Phi) is 4.92. The van der Waals surface area contributed by atoms with Gasteiger partial charge in [-0.25, -0.2) is 0 Å². The average Bonchev–Trinajstić information content (AvgIpc) is 3.21. The summed E-state index contributed by atoms with van der Waals surface area (Å²) in [6, 6.07) is 6.06. The van der Waals surface area contributed by atoms with Crippen LogP contribution < -0.4 is 20.3 Å². The van der Waals surface area contributed by atoms with Crippen LogP contribution in [0.25, 0.3) is 10.9 Å². The van der Waals surface area contributed by atoms with Gasteiger partial charge < -0.3 is 20.3 Å². The minimum Gasteiger partial charge on any atom is -0.467 e. The second-order valence-electron chi connectivity index (χ2n) is 6.62. The number of piperidine rings is 1. The lowest BCUT2D eigenvalue weighted by Crippen LogP contribution is -2.40. The molecule has 28 heavy (non-hydrogen) atoms. The van der Waals surface area contributed by atoms with Crippen LogP contribution in [-0.4, -0.2) is 58.3 Å². The van der Waals surface area contributed by atoms with Gasteiger partial charge in [-0.2, -0.15) is 20.1 Å². The molecular formula is C18H22N8O2. The number of carbonyl (C=O) groups excluding carboxylic acids is 1. The summed E-state index contributed by atoms with van der Waals surface area (Å²) in [6.07, 6.45) is 3.28. The normalized spacial score (nSPS) is 14.9. The lowest BCUT2D eigenvalue weighted by atomic mass is 9.96. The summed E-state index contributed by atoms with van der Waals surface area (Å²) in [7, 11) is 3.20. The van der Waals surface area contributed by atoms with E-state index < -0.39 is 0 Å². The van der Waals surface area contributed by atoms with E-state index in [0.717, 1.165) is 29.4 Å². The van der Waals surface area contributed by atoms with Gasteiger partial charge >= 0.3 is 6.01 Å². The average molecular weight is 382 g/mol. The summed E-state index contributed by atoms with van der Waals surface area (Å²) in [5.41, 5.74) is 1.80. The number of anilines is 3. The zero-order valence-corrected chi connectivity index (χ0v) is 15.8. The highest BCUT2D eigenvalue weighted by atomic mass is 16.5. The third kappa shape index (κ3) is 3.66. The number of carbonyl (C=O) groups is 1. The molecule has 0 unspecified atom stereocenters. The summed E-state index contributed by atoms with van der Waals surface area (Å²) in [5.74, 6) is 1.06. The maximum absolute atomic E-state index is 11.8. The number of rotatable bonds is 5. The molecule has 1 aliphatic heterocycles. The number of ether oxygens (including phenoxy) is 1. The minimum atomic E-state index is 0.0317. The Balaban J connectivity index is 1.53. The van der Waals surface area contributed by atoms with Crippen molar-refractivity contribution in [2.45, 2.75) is 12.8 Å². The molecule has 4 rings (SSSR count). The zero-order valence-electron chi connectivity index (χ0n) is 15.8. The molecule has 3 heterocycles. The predicted molar refractivity (Wildman–Crippen MR) is 105 cm³/mol. The highest BCUT2D eigenvalue weighted by Gasteiger charge is 2.26. The lowest BCUT2D eigenvalue weighted by molar-refractivity contribution is -0.125. The van der Waals surface area contributed by atoms with Gasteiger partial charge in [0.05, 0.1) is 18.8 Å². The Morgan fingerprint density at radius 1 is 1.25 bits per heavy atom. The topological polar surface area (TPSA) is 121 Å². The molecule has 10 heteroatoms. The van der Waals surface area contributed by atoms with E-state index in [-0.39, 0.29) is 17.8 Å². The highest BCUT2D eigenvalue weighted by molar-refractivity contribution is 5.82. The van der Waals surface area contributed by atoms with E-state index >= 15 is 0 Å². The molecule has 0 atom stereocenters. The third-order valence-corrected chi connectivity index (χ3v) is 4.88. The number of aromatic nitrogens is 5. The lowest BCUT2D eigenvalue weighted by Gasteiger charge is -2.31. The van der Waals surface area contributed by atoms with Gasteiger partial charge in [0, 0.05) is 37.1 Å². The van der Waals surface area contributed by atoms with Gasteiger partial charge in [0.1, 0.15) is 0 Å². The van der Waals surface area contributed by atoms with Gasteiger partial charge in [-0.15, -0.1) is 0 Å². The molecule has 1 aliphatic rings. The SMILES string of the molecule is CNC(=O)C1CCN(c2nc(Nc3ccc4[nH]ncc4c3)nc(OC)n2)CC1. The smallest absolute Gasteiger partial charge is 0.322 e. The van der Waals surface area contributed by atoms with E-state index in [1.165, 1.54) is 7.11 Å². The second kappa shape index (κ2) is 7.67. The van der Waals surface area contributed by atoms with Crippen LogP contribution in [-0.2, 0) is 4.79 Å². The first kappa shape index (κ1) is 18.0. The van der Waals surface area contributed by atoms with Crippen LogP contribution in [0, 0.1) is 5.92 Å². The first-order valence-electron chi connectivity index (χ1n) is 9.13. The second-order valence-corrected chi connectivity index (χ2v) is 6.62. The van der Waals surface area contributed by atoms with Gasteiger partial charge in [0.2, 0.25) is 17.8 Å². The molecule has 2 aromatic heterocycles. The van der Waals surface area contributed by atoms with Crippen molar-refractivity contribution in [2.75, 3.05) is 37.5 Å². The van der Waals surface area contributed by atoms with E-state index in [1.807, 2.05) is 23.1 Å². The van der Waals surface area contributed by atoms with Crippen molar-refractivity contribution in [3.05, 3.63) is 24.4 Å². The minimum absolute atomic E-state index is 0.0317. The Morgan fingerprint density at radius 3 is 2.82 bits per heavy atom. The highest BCUT2D eigenvalue weighted by Crippen LogP contribution is 2.25. The number of hydrogen-bond donors (Lipinski definition) is 3. The maximum Gasteiger partial charge on any atom is 0.322 e. The summed E-state index contributed by atoms with van der Waals surface area (Å²) in [4.78, 5) is 27.1. The molecule has 1 saturated heterocycles. The summed E-state index contributed by atoms with van der Waals surface area (Å²) in [6.45, 7) is 1.40. The molecule has 3 aromatic rings.